The number of aliphatic hydroxyl groups is 4. The second kappa shape index (κ2) is 8.21. The van der Waals surface area contributed by atoms with Gasteiger partial charge in [0.25, 0.3) is 0 Å². The third-order valence-electron chi connectivity index (χ3n) is 2.62. The van der Waals surface area contributed by atoms with Crippen LogP contribution in [0.1, 0.15) is 6.92 Å². The SMILES string of the molecule is CC=CC(=NOS(=O)(=O)O)S[C@@H]1O[C@H](CO)[C@@H](O)[C@H](O)[C@H]1O. The first kappa shape index (κ1) is 19.3. The Morgan fingerprint density at radius 1 is 1.32 bits per heavy atom. The van der Waals surface area contributed by atoms with E-state index in [2.05, 4.69) is 9.44 Å². The second-order valence-electron chi connectivity index (χ2n) is 4.25. The molecular weight excluding hydrogens is 342 g/mol. The zero-order valence-electron chi connectivity index (χ0n) is 11.4. The molecule has 5 atom stereocenters. The highest BCUT2D eigenvalue weighted by Gasteiger charge is 2.44. The highest BCUT2D eigenvalue weighted by Crippen LogP contribution is 2.29. The van der Waals surface area contributed by atoms with E-state index in [1.165, 1.54) is 12.2 Å². The molecule has 0 spiro atoms. The van der Waals surface area contributed by atoms with Gasteiger partial charge in [0, 0.05) is 0 Å². The van der Waals surface area contributed by atoms with Gasteiger partial charge in [-0.2, -0.15) is 8.42 Å². The summed E-state index contributed by atoms with van der Waals surface area (Å²) >= 11 is 0.672. The third-order valence-corrected chi connectivity index (χ3v) is 3.95. The maximum Gasteiger partial charge on any atom is 0.466 e. The first-order valence-electron chi connectivity index (χ1n) is 6.03. The molecule has 0 amide bonds. The van der Waals surface area contributed by atoms with Crippen LogP contribution in [-0.4, -0.2) is 74.9 Å². The van der Waals surface area contributed by atoms with Gasteiger partial charge in [-0.25, -0.2) is 4.28 Å². The van der Waals surface area contributed by atoms with E-state index >= 15 is 0 Å². The molecule has 22 heavy (non-hydrogen) atoms. The Hall–Kier alpha value is -0.730. The molecule has 10 nitrogen and oxygen atoms in total. The van der Waals surface area contributed by atoms with Gasteiger partial charge in [0.15, 0.2) is 0 Å². The Morgan fingerprint density at radius 2 is 1.95 bits per heavy atom. The van der Waals surface area contributed by atoms with Gasteiger partial charge >= 0.3 is 10.4 Å². The fourth-order valence-electron chi connectivity index (χ4n) is 1.60. The second-order valence-corrected chi connectivity index (χ2v) is 6.37. The number of aliphatic hydroxyl groups excluding tert-OH is 4. The monoisotopic (exact) mass is 359 g/mol. The third kappa shape index (κ3) is 5.48. The molecule has 12 heteroatoms. The van der Waals surface area contributed by atoms with E-state index in [1.54, 1.807) is 6.92 Å². The van der Waals surface area contributed by atoms with Crippen LogP contribution < -0.4 is 0 Å². The summed E-state index contributed by atoms with van der Waals surface area (Å²) in [6.45, 7) is 0.996. The predicted octanol–water partition coefficient (Wildman–Crippen LogP) is -1.77. The van der Waals surface area contributed by atoms with Crippen molar-refractivity contribution in [2.45, 2.75) is 36.8 Å². The minimum absolute atomic E-state index is 0.0931. The number of thioether (sulfide) groups is 1. The molecule has 1 fully saturated rings. The number of nitrogens with zero attached hydrogens (tertiary/aromatic N) is 1. The molecule has 1 heterocycles. The molecule has 0 aliphatic carbocycles. The quantitative estimate of drug-likeness (QED) is 0.164. The number of hydrogen-bond donors (Lipinski definition) is 5. The van der Waals surface area contributed by atoms with Crippen molar-refractivity contribution in [3.63, 3.8) is 0 Å². The fraction of sp³-hybridized carbons (Fsp3) is 0.700. The van der Waals surface area contributed by atoms with Gasteiger partial charge in [-0.05, 0) is 13.0 Å². The lowest BCUT2D eigenvalue weighted by atomic mass is 10.0. The molecule has 1 rings (SSSR count). The zero-order chi connectivity index (χ0) is 16.9. The summed E-state index contributed by atoms with van der Waals surface area (Å²) in [5.74, 6) is 0. The van der Waals surface area contributed by atoms with Crippen molar-refractivity contribution < 1.29 is 42.4 Å². The molecule has 1 aliphatic heterocycles. The highest BCUT2D eigenvalue weighted by atomic mass is 32.3. The maximum atomic E-state index is 10.5. The van der Waals surface area contributed by atoms with Gasteiger partial charge in [-0.1, -0.05) is 23.0 Å². The largest absolute Gasteiger partial charge is 0.466 e. The zero-order valence-corrected chi connectivity index (χ0v) is 13.0. The van der Waals surface area contributed by atoms with E-state index in [-0.39, 0.29) is 5.04 Å². The van der Waals surface area contributed by atoms with Crippen LogP contribution >= 0.6 is 11.8 Å². The molecule has 1 saturated heterocycles. The Labute approximate surface area is 131 Å². The summed E-state index contributed by atoms with van der Waals surface area (Å²) in [5, 5.41) is 41.3. The van der Waals surface area contributed by atoms with Crippen LogP contribution in [0.3, 0.4) is 0 Å². The Balaban J connectivity index is 2.88. The van der Waals surface area contributed by atoms with Crippen molar-refractivity contribution in [2.24, 2.45) is 5.16 Å². The summed E-state index contributed by atoms with van der Waals surface area (Å²) in [6.07, 6.45) is -2.93. The van der Waals surface area contributed by atoms with Gasteiger partial charge in [0.2, 0.25) is 0 Å². The van der Waals surface area contributed by atoms with Gasteiger partial charge in [-0.15, -0.1) is 0 Å². The van der Waals surface area contributed by atoms with Gasteiger partial charge in [0.1, 0.15) is 34.9 Å². The van der Waals surface area contributed by atoms with Crippen molar-refractivity contribution in [3.8, 4) is 0 Å². The van der Waals surface area contributed by atoms with E-state index in [4.69, 9.17) is 14.4 Å². The first-order chi connectivity index (χ1) is 10.2. The van der Waals surface area contributed by atoms with Gasteiger partial charge in [0.05, 0.1) is 6.61 Å². The molecule has 0 aromatic carbocycles. The smallest absolute Gasteiger partial charge is 0.394 e. The van der Waals surface area contributed by atoms with E-state index in [1.807, 2.05) is 0 Å². The van der Waals surface area contributed by atoms with Crippen LogP contribution in [0.15, 0.2) is 17.3 Å². The Morgan fingerprint density at radius 3 is 2.45 bits per heavy atom. The lowest BCUT2D eigenvalue weighted by Crippen LogP contribution is -2.57. The van der Waals surface area contributed by atoms with Crippen molar-refractivity contribution in [2.75, 3.05) is 6.61 Å². The minimum atomic E-state index is -4.79. The molecule has 128 valence electrons. The summed E-state index contributed by atoms with van der Waals surface area (Å²) in [5.41, 5.74) is -1.16. The van der Waals surface area contributed by atoms with Crippen molar-refractivity contribution >= 4 is 27.2 Å². The van der Waals surface area contributed by atoms with Crippen molar-refractivity contribution in [3.05, 3.63) is 12.2 Å². The topological polar surface area (TPSA) is 166 Å². The maximum absolute atomic E-state index is 10.5. The van der Waals surface area contributed by atoms with Gasteiger partial charge in [-0.3, -0.25) is 4.55 Å². The first-order valence-corrected chi connectivity index (χ1v) is 8.28. The summed E-state index contributed by atoms with van der Waals surface area (Å²) < 4.78 is 38.5. The van der Waals surface area contributed by atoms with Crippen LogP contribution in [0.2, 0.25) is 0 Å². The summed E-state index contributed by atoms with van der Waals surface area (Å²) in [6, 6.07) is 0. The van der Waals surface area contributed by atoms with Crippen LogP contribution in [0, 0.1) is 0 Å². The number of oxime groups is 1. The van der Waals surface area contributed by atoms with Crippen LogP contribution in [0.4, 0.5) is 0 Å². The molecule has 0 aromatic heterocycles. The minimum Gasteiger partial charge on any atom is -0.394 e. The van der Waals surface area contributed by atoms with Crippen LogP contribution in [-0.2, 0) is 19.4 Å². The standard InChI is InChI=1S/C10H17NO9S2/c1-2-3-6(11-20-22(16,17)18)21-10-9(15)8(14)7(13)5(4-12)19-10/h2-3,5,7-10,12-15H,4H2,1H3,(H,16,17,18)/t5-,7-,8+,9-,10+/m1/s1. The fourth-order valence-corrected chi connectivity index (χ4v) is 2.85. The van der Waals surface area contributed by atoms with Crippen molar-refractivity contribution in [1.29, 1.82) is 0 Å². The van der Waals surface area contributed by atoms with Crippen LogP contribution in [0.25, 0.3) is 0 Å². The normalized spacial score (nSPS) is 34.1. The predicted molar refractivity (Wildman–Crippen MR) is 76.2 cm³/mol. The summed E-state index contributed by atoms with van der Waals surface area (Å²) in [7, 11) is -4.79. The molecular formula is C10H17NO9S2. The van der Waals surface area contributed by atoms with E-state index in [0.717, 1.165) is 0 Å². The molecule has 0 aromatic rings. The van der Waals surface area contributed by atoms with E-state index < -0.39 is 46.9 Å². The van der Waals surface area contributed by atoms with Crippen molar-refractivity contribution in [1.82, 2.24) is 0 Å². The number of allylic oxidation sites excluding steroid dienone is 1. The number of rotatable bonds is 5. The number of hydrogen-bond acceptors (Lipinski definition) is 10. The molecule has 0 unspecified atom stereocenters. The molecule has 1 aliphatic rings. The van der Waals surface area contributed by atoms with Crippen LogP contribution in [0.5, 0.6) is 0 Å². The molecule has 0 saturated carbocycles. The average molecular weight is 359 g/mol. The van der Waals surface area contributed by atoms with E-state index in [9.17, 15) is 23.7 Å². The molecule has 0 radical (unpaired) electrons. The molecule has 5 N–H and O–H groups in total. The Kier molecular flexibility index (Phi) is 7.21. The lowest BCUT2D eigenvalue weighted by Gasteiger charge is -2.39. The van der Waals surface area contributed by atoms with E-state index in [0.29, 0.717) is 11.8 Å². The lowest BCUT2D eigenvalue weighted by molar-refractivity contribution is -0.205. The Bertz CT molecular complexity index is 518. The van der Waals surface area contributed by atoms with Gasteiger partial charge < -0.3 is 25.2 Å². The number of ether oxygens (including phenoxy) is 1. The molecule has 0 bridgehead atoms. The summed E-state index contributed by atoms with van der Waals surface area (Å²) in [4.78, 5) is 0. The highest BCUT2D eigenvalue weighted by molar-refractivity contribution is 8.14. The average Bonchev–Trinajstić information content (AvgIpc) is 2.44.